The van der Waals surface area contributed by atoms with Gasteiger partial charge in [0.25, 0.3) is 0 Å². The molecule has 3 aliphatic heterocycles. The third-order valence-corrected chi connectivity index (χ3v) is 16.6. The lowest BCUT2D eigenvalue weighted by Gasteiger charge is -2.47. The molecule has 0 radical (unpaired) electrons. The van der Waals surface area contributed by atoms with E-state index in [4.69, 9.17) is 33.2 Å². The smallest absolute Gasteiger partial charge is 0.462 e. The Hall–Kier alpha value is -4.49. The van der Waals surface area contributed by atoms with E-state index >= 15 is 0 Å². The largest absolute Gasteiger partial charge is 0.510 e. The van der Waals surface area contributed by atoms with Gasteiger partial charge >= 0.3 is 30.0 Å². The fraction of sp³-hybridized carbons (Fsp3) is 0.734. The van der Waals surface area contributed by atoms with E-state index in [0.29, 0.717) is 36.1 Å². The molecule has 2 unspecified atom stereocenters. The molecule has 3 saturated heterocycles. The maximum absolute atomic E-state index is 14.7. The van der Waals surface area contributed by atoms with E-state index in [-0.39, 0.29) is 32.2 Å². The Balaban J connectivity index is 1.07. The number of unbranched alkanes of at least 4 members (excludes halogenated alkanes) is 24. The zero-order valence-corrected chi connectivity index (χ0v) is 47.7. The van der Waals surface area contributed by atoms with Crippen LogP contribution in [0.25, 0.3) is 0 Å². The Morgan fingerprint density at radius 3 is 1.32 bits per heavy atom. The number of carbonyl (C=O) groups excluding carboxylic acids is 5. The highest BCUT2D eigenvalue weighted by Crippen LogP contribution is 2.47. The first-order valence-electron chi connectivity index (χ1n) is 30.8. The fourth-order valence-electron chi connectivity index (χ4n) is 12.3. The van der Waals surface area contributed by atoms with Crippen LogP contribution in [0.2, 0.25) is 0 Å². The molecule has 1 spiro atoms. The van der Waals surface area contributed by atoms with Crippen LogP contribution in [-0.2, 0) is 57.9 Å². The number of rotatable bonds is 42. The molecular formula is C64H100NO12+. The molecule has 77 heavy (non-hydrogen) atoms. The highest BCUT2D eigenvalue weighted by Gasteiger charge is 2.57. The van der Waals surface area contributed by atoms with Gasteiger partial charge in [0.2, 0.25) is 5.60 Å². The molecule has 2 aromatic carbocycles. The average molecular weight is 1080 g/mol. The number of ether oxygens (including phenoxy) is 7. The summed E-state index contributed by atoms with van der Waals surface area (Å²) in [5, 5.41) is 0. The zero-order chi connectivity index (χ0) is 54.7. The number of quaternary nitrogens is 1. The molecule has 0 saturated carbocycles. The van der Waals surface area contributed by atoms with Gasteiger partial charge in [-0.15, -0.1) is 0 Å². The summed E-state index contributed by atoms with van der Waals surface area (Å²) >= 11 is 0. The van der Waals surface area contributed by atoms with Crippen LogP contribution < -0.4 is 0 Å². The van der Waals surface area contributed by atoms with Crippen molar-refractivity contribution < 1.29 is 61.6 Å². The quantitative estimate of drug-likeness (QED) is 0.0205. The predicted octanol–water partition coefficient (Wildman–Crippen LogP) is 14.9. The maximum Gasteiger partial charge on any atom is 0.510 e. The molecule has 13 heteroatoms. The number of benzene rings is 2. The lowest BCUT2D eigenvalue weighted by atomic mass is 9.85. The normalized spacial score (nSPS) is 17.6. The van der Waals surface area contributed by atoms with Crippen LogP contribution in [0.15, 0.2) is 60.7 Å². The van der Waals surface area contributed by atoms with Crippen molar-refractivity contribution >= 4 is 30.0 Å². The second-order valence-corrected chi connectivity index (χ2v) is 22.5. The Kier molecular flexibility index (Phi) is 30.8. The molecule has 13 nitrogen and oxygen atoms in total. The van der Waals surface area contributed by atoms with Gasteiger partial charge < -0.3 is 37.6 Å². The van der Waals surface area contributed by atoms with E-state index in [1.807, 2.05) is 36.4 Å². The zero-order valence-electron chi connectivity index (χ0n) is 47.7. The van der Waals surface area contributed by atoms with E-state index in [9.17, 15) is 24.0 Å². The Labute approximate surface area is 463 Å². The van der Waals surface area contributed by atoms with Gasteiger partial charge in [-0.1, -0.05) is 229 Å². The molecule has 0 aromatic heterocycles. The molecule has 0 aliphatic carbocycles. The summed E-state index contributed by atoms with van der Waals surface area (Å²) in [6, 6.07) is 19.0. The fourth-order valence-corrected chi connectivity index (χ4v) is 12.3. The van der Waals surface area contributed by atoms with Crippen molar-refractivity contribution in [3.05, 3.63) is 71.8 Å². The van der Waals surface area contributed by atoms with Crippen molar-refractivity contribution in [2.75, 3.05) is 39.7 Å². The number of carbonyl (C=O) groups is 5. The van der Waals surface area contributed by atoms with Crippen LogP contribution in [-0.4, -0.2) is 98.5 Å². The van der Waals surface area contributed by atoms with Gasteiger partial charge in [-0.2, -0.15) is 0 Å². The topological polar surface area (TPSA) is 150 Å². The SMILES string of the molecule is CCCCCCCCCCCCCCCC(=O)OCC(COC(=O)CCCCCCCCCCCCCCC)OC(=O)COC(=O)OCOC(C(=O)OC1CC2CCC(C1)[N+]21CCCC1)(c1ccccc1)c1ccccc1. The van der Waals surface area contributed by atoms with Gasteiger partial charge in [0.1, 0.15) is 19.3 Å². The number of piperidine rings is 1. The minimum Gasteiger partial charge on any atom is -0.462 e. The van der Waals surface area contributed by atoms with Crippen molar-refractivity contribution in [1.82, 2.24) is 0 Å². The van der Waals surface area contributed by atoms with Gasteiger partial charge in [-0.25, -0.2) is 14.4 Å². The highest BCUT2D eigenvalue weighted by molar-refractivity contribution is 5.86. The summed E-state index contributed by atoms with van der Waals surface area (Å²) < 4.78 is 41.1. The summed E-state index contributed by atoms with van der Waals surface area (Å²) in [5.41, 5.74) is -0.793. The molecule has 0 amide bonds. The van der Waals surface area contributed by atoms with Crippen LogP contribution >= 0.6 is 0 Å². The van der Waals surface area contributed by atoms with Crippen LogP contribution in [0.1, 0.15) is 243 Å². The third-order valence-electron chi connectivity index (χ3n) is 16.6. The lowest BCUT2D eigenvalue weighted by molar-refractivity contribution is -0.956. The van der Waals surface area contributed by atoms with Gasteiger partial charge in [0.15, 0.2) is 19.5 Å². The molecule has 2 atom stereocenters. The molecule has 5 rings (SSSR count). The Bertz CT molecular complexity index is 1840. The summed E-state index contributed by atoms with van der Waals surface area (Å²) in [6.07, 6.45) is 35.2. The molecular weight excluding hydrogens is 975 g/mol. The van der Waals surface area contributed by atoms with E-state index in [1.165, 1.54) is 142 Å². The first-order valence-corrected chi connectivity index (χ1v) is 30.8. The van der Waals surface area contributed by atoms with Gasteiger partial charge in [0, 0.05) is 51.4 Å². The Morgan fingerprint density at radius 1 is 0.506 bits per heavy atom. The van der Waals surface area contributed by atoms with Crippen LogP contribution in [0, 0.1) is 0 Å². The summed E-state index contributed by atoms with van der Waals surface area (Å²) in [5.74, 6) is -2.42. The lowest BCUT2D eigenvalue weighted by Crippen LogP contribution is -2.60. The monoisotopic (exact) mass is 1070 g/mol. The molecule has 432 valence electrons. The van der Waals surface area contributed by atoms with Crippen LogP contribution in [0.5, 0.6) is 0 Å². The summed E-state index contributed by atoms with van der Waals surface area (Å²) in [6.45, 7) is 4.68. The number of hydrogen-bond acceptors (Lipinski definition) is 12. The van der Waals surface area contributed by atoms with Gasteiger partial charge in [0.05, 0.1) is 25.2 Å². The van der Waals surface area contributed by atoms with E-state index in [1.54, 1.807) is 24.3 Å². The maximum atomic E-state index is 14.7. The van der Waals surface area contributed by atoms with Crippen molar-refractivity contribution in [3.63, 3.8) is 0 Å². The molecule has 3 fully saturated rings. The second-order valence-electron chi connectivity index (χ2n) is 22.5. The standard InChI is InChI=1S/C64H100NO12/c1-3-5-7-9-11-13-15-17-19-21-23-25-33-41-59(66)71-49-58(50-72-60(67)42-34-26-24-22-20-18-16-14-12-10-8-6-4-2)76-61(68)51-73-63(70)74-52-75-64(53-37-29-27-30-38-53,54-39-31-28-32-40-54)62(69)77-57-47-55-43-44-56(48-57)65(55)45-35-36-46-65/h27-32,37-40,55-58H,3-26,33-36,41-52H2,1-2H3/q+1. The predicted molar refractivity (Wildman–Crippen MR) is 300 cm³/mol. The van der Waals surface area contributed by atoms with Crippen molar-refractivity contribution in [2.45, 2.75) is 262 Å². The number of nitrogens with zero attached hydrogens (tertiary/aromatic N) is 1. The van der Waals surface area contributed by atoms with Crippen molar-refractivity contribution in [3.8, 4) is 0 Å². The molecule has 3 aliphatic rings. The van der Waals surface area contributed by atoms with E-state index in [2.05, 4.69) is 13.8 Å². The molecule has 0 N–H and O–H groups in total. The van der Waals surface area contributed by atoms with E-state index in [0.717, 1.165) is 68.7 Å². The van der Waals surface area contributed by atoms with Gasteiger partial charge in [-0.3, -0.25) is 9.59 Å². The third kappa shape index (κ3) is 22.6. The Morgan fingerprint density at radius 2 is 0.909 bits per heavy atom. The molecule has 2 aromatic rings. The summed E-state index contributed by atoms with van der Waals surface area (Å²) in [7, 11) is 0. The van der Waals surface area contributed by atoms with Crippen molar-refractivity contribution in [2.24, 2.45) is 0 Å². The minimum absolute atomic E-state index is 0.226. The molecule has 2 bridgehead atoms. The van der Waals surface area contributed by atoms with Gasteiger partial charge in [-0.05, 0) is 24.0 Å². The molecule has 3 heterocycles. The average Bonchev–Trinajstić information content (AvgIpc) is 4.13. The number of esters is 4. The van der Waals surface area contributed by atoms with E-state index < -0.39 is 55.1 Å². The van der Waals surface area contributed by atoms with Crippen LogP contribution in [0.3, 0.4) is 0 Å². The van der Waals surface area contributed by atoms with Crippen LogP contribution in [0.4, 0.5) is 4.79 Å². The second kappa shape index (κ2) is 37.4. The first-order chi connectivity index (χ1) is 37.7. The minimum atomic E-state index is -1.79. The number of hydrogen-bond donors (Lipinski definition) is 0. The summed E-state index contributed by atoms with van der Waals surface area (Å²) in [4.78, 5) is 66.5. The first kappa shape index (κ1) is 63.3. The van der Waals surface area contributed by atoms with Crippen molar-refractivity contribution in [1.29, 1.82) is 0 Å². The highest BCUT2D eigenvalue weighted by atomic mass is 16.8.